The molecule has 0 aliphatic rings. The van der Waals surface area contributed by atoms with Crippen LogP contribution in [0, 0.1) is 5.92 Å². The van der Waals surface area contributed by atoms with Gasteiger partial charge in [0.05, 0.1) is 0 Å². The highest BCUT2D eigenvalue weighted by Crippen LogP contribution is 2.25. The molecule has 1 rings (SSSR count). The molecule has 0 saturated heterocycles. The predicted molar refractivity (Wildman–Crippen MR) is 57.6 cm³/mol. The van der Waals surface area contributed by atoms with Gasteiger partial charge in [0.15, 0.2) is 0 Å². The Kier molecular flexibility index (Phi) is 2.99. The number of thiol groups is 1. The van der Waals surface area contributed by atoms with Crippen molar-refractivity contribution in [1.82, 2.24) is 0 Å². The molecule has 0 aliphatic heterocycles. The van der Waals surface area contributed by atoms with Crippen molar-refractivity contribution in [3.05, 3.63) is 36.4 Å². The molecule has 0 bridgehead atoms. The summed E-state index contributed by atoms with van der Waals surface area (Å²) in [7, 11) is 0. The Balaban J connectivity index is 3.03. The summed E-state index contributed by atoms with van der Waals surface area (Å²) in [5, 5.41) is 0. The van der Waals surface area contributed by atoms with E-state index in [4.69, 9.17) is 0 Å². The first-order chi connectivity index (χ1) is 5.63. The molecule has 0 atom stereocenters. The Morgan fingerprint density at radius 3 is 2.42 bits per heavy atom. The van der Waals surface area contributed by atoms with E-state index >= 15 is 0 Å². The maximum Gasteiger partial charge on any atom is 0.0115 e. The molecule has 0 fully saturated rings. The zero-order valence-electron chi connectivity index (χ0n) is 7.54. The van der Waals surface area contributed by atoms with Gasteiger partial charge in [-0.3, -0.25) is 0 Å². The zero-order valence-corrected chi connectivity index (χ0v) is 8.44. The van der Waals surface area contributed by atoms with Crippen LogP contribution in [0.5, 0.6) is 0 Å². The maximum absolute atomic E-state index is 4.37. The standard InChI is InChI=1S/C11H14S/c1-8(2)9(3)10-6-4-5-7-11(10)12/h4-8,12H,3H2,1-2H3. The van der Waals surface area contributed by atoms with E-state index in [9.17, 15) is 0 Å². The lowest BCUT2D eigenvalue weighted by Gasteiger charge is -2.11. The molecule has 0 radical (unpaired) electrons. The van der Waals surface area contributed by atoms with Gasteiger partial charge in [-0.1, -0.05) is 38.6 Å². The van der Waals surface area contributed by atoms with Crippen LogP contribution in [-0.4, -0.2) is 0 Å². The normalized spacial score (nSPS) is 10.3. The van der Waals surface area contributed by atoms with Gasteiger partial charge in [-0.2, -0.15) is 0 Å². The quantitative estimate of drug-likeness (QED) is 0.657. The third kappa shape index (κ3) is 1.92. The van der Waals surface area contributed by atoms with Crippen LogP contribution in [0.4, 0.5) is 0 Å². The van der Waals surface area contributed by atoms with E-state index in [1.165, 1.54) is 0 Å². The Labute approximate surface area is 79.7 Å². The maximum atomic E-state index is 4.37. The molecule has 0 aromatic heterocycles. The molecule has 0 saturated carbocycles. The monoisotopic (exact) mass is 178 g/mol. The van der Waals surface area contributed by atoms with E-state index in [2.05, 4.69) is 39.1 Å². The van der Waals surface area contributed by atoms with Gasteiger partial charge < -0.3 is 0 Å². The van der Waals surface area contributed by atoms with Crippen LogP contribution < -0.4 is 0 Å². The number of rotatable bonds is 2. The SMILES string of the molecule is C=C(c1ccccc1S)C(C)C. The number of benzene rings is 1. The average Bonchev–Trinajstić information content (AvgIpc) is 2.04. The Morgan fingerprint density at radius 2 is 1.92 bits per heavy atom. The van der Waals surface area contributed by atoms with E-state index < -0.39 is 0 Å². The highest BCUT2D eigenvalue weighted by molar-refractivity contribution is 7.80. The average molecular weight is 178 g/mol. The van der Waals surface area contributed by atoms with Crippen LogP contribution in [0.25, 0.3) is 5.57 Å². The second kappa shape index (κ2) is 3.81. The van der Waals surface area contributed by atoms with Crippen molar-refractivity contribution in [2.75, 3.05) is 0 Å². The van der Waals surface area contributed by atoms with E-state index in [1.54, 1.807) is 0 Å². The van der Waals surface area contributed by atoms with E-state index in [0.29, 0.717) is 5.92 Å². The van der Waals surface area contributed by atoms with Crippen molar-refractivity contribution < 1.29 is 0 Å². The molecule has 64 valence electrons. The minimum absolute atomic E-state index is 0.485. The van der Waals surface area contributed by atoms with Gasteiger partial charge in [-0.15, -0.1) is 12.6 Å². The summed E-state index contributed by atoms with van der Waals surface area (Å²) >= 11 is 4.37. The molecule has 0 amide bonds. The lowest BCUT2D eigenvalue weighted by atomic mass is 9.97. The van der Waals surface area contributed by atoms with Crippen LogP contribution >= 0.6 is 12.6 Å². The van der Waals surface area contributed by atoms with Gasteiger partial charge in [-0.25, -0.2) is 0 Å². The second-order valence-electron chi connectivity index (χ2n) is 3.20. The predicted octanol–water partition coefficient (Wildman–Crippen LogP) is 3.64. The summed E-state index contributed by atoms with van der Waals surface area (Å²) in [6.07, 6.45) is 0. The molecule has 0 spiro atoms. The third-order valence-electron chi connectivity index (χ3n) is 1.95. The minimum atomic E-state index is 0.485. The van der Waals surface area contributed by atoms with Crippen molar-refractivity contribution in [3.8, 4) is 0 Å². The van der Waals surface area contributed by atoms with Crippen LogP contribution in [-0.2, 0) is 0 Å². The largest absolute Gasteiger partial charge is 0.143 e. The topological polar surface area (TPSA) is 0 Å². The molecule has 0 aliphatic carbocycles. The fourth-order valence-corrected chi connectivity index (χ4v) is 1.36. The molecular weight excluding hydrogens is 164 g/mol. The molecule has 0 nitrogen and oxygen atoms in total. The number of hydrogen-bond acceptors (Lipinski definition) is 1. The molecule has 0 unspecified atom stereocenters. The number of allylic oxidation sites excluding steroid dienone is 1. The van der Waals surface area contributed by atoms with Gasteiger partial charge in [0.25, 0.3) is 0 Å². The molecule has 0 heterocycles. The summed E-state index contributed by atoms with van der Waals surface area (Å²) in [4.78, 5) is 1.01. The van der Waals surface area contributed by atoms with Crippen molar-refractivity contribution in [2.24, 2.45) is 5.92 Å². The van der Waals surface area contributed by atoms with Crippen molar-refractivity contribution >= 4 is 18.2 Å². The molecule has 1 heteroatoms. The fraction of sp³-hybridized carbons (Fsp3) is 0.273. The van der Waals surface area contributed by atoms with Gasteiger partial charge in [-0.05, 0) is 23.1 Å². The van der Waals surface area contributed by atoms with Gasteiger partial charge in [0.1, 0.15) is 0 Å². The van der Waals surface area contributed by atoms with Crippen molar-refractivity contribution in [3.63, 3.8) is 0 Å². The first-order valence-electron chi connectivity index (χ1n) is 4.10. The van der Waals surface area contributed by atoms with E-state index in [0.717, 1.165) is 16.0 Å². The third-order valence-corrected chi connectivity index (χ3v) is 2.34. The number of hydrogen-bond donors (Lipinski definition) is 1. The molecule has 12 heavy (non-hydrogen) atoms. The van der Waals surface area contributed by atoms with Crippen LogP contribution in [0.15, 0.2) is 35.7 Å². The molecule has 1 aromatic carbocycles. The minimum Gasteiger partial charge on any atom is -0.143 e. The zero-order chi connectivity index (χ0) is 9.14. The van der Waals surface area contributed by atoms with Crippen LogP contribution in [0.3, 0.4) is 0 Å². The molecular formula is C11H14S. The van der Waals surface area contributed by atoms with Crippen LogP contribution in [0.1, 0.15) is 19.4 Å². The highest BCUT2D eigenvalue weighted by atomic mass is 32.1. The molecule has 1 aromatic rings. The first-order valence-corrected chi connectivity index (χ1v) is 4.55. The Hall–Kier alpha value is -0.690. The van der Waals surface area contributed by atoms with Gasteiger partial charge >= 0.3 is 0 Å². The summed E-state index contributed by atoms with van der Waals surface area (Å²) in [6.45, 7) is 8.32. The highest BCUT2D eigenvalue weighted by Gasteiger charge is 2.05. The van der Waals surface area contributed by atoms with Crippen molar-refractivity contribution in [2.45, 2.75) is 18.7 Å². The van der Waals surface area contributed by atoms with Gasteiger partial charge in [0.2, 0.25) is 0 Å². The van der Waals surface area contributed by atoms with Gasteiger partial charge in [0, 0.05) is 4.90 Å². The van der Waals surface area contributed by atoms with Crippen LogP contribution in [0.2, 0.25) is 0 Å². The summed E-state index contributed by atoms with van der Waals surface area (Å²) in [5.74, 6) is 0.485. The lowest BCUT2D eigenvalue weighted by Crippen LogP contribution is -1.92. The van der Waals surface area contributed by atoms with Crippen molar-refractivity contribution in [1.29, 1.82) is 0 Å². The smallest absolute Gasteiger partial charge is 0.0115 e. The Morgan fingerprint density at radius 1 is 1.33 bits per heavy atom. The first kappa shape index (κ1) is 9.40. The summed E-state index contributed by atoms with van der Waals surface area (Å²) < 4.78 is 0. The summed E-state index contributed by atoms with van der Waals surface area (Å²) in [6, 6.07) is 8.05. The lowest BCUT2D eigenvalue weighted by molar-refractivity contribution is 0.854. The fourth-order valence-electron chi connectivity index (χ4n) is 1.06. The van der Waals surface area contributed by atoms with E-state index in [1.807, 2.05) is 18.2 Å². The summed E-state index contributed by atoms with van der Waals surface area (Å²) in [5.41, 5.74) is 2.32. The van der Waals surface area contributed by atoms with E-state index in [-0.39, 0.29) is 0 Å². The Bertz CT molecular complexity index is 287. The second-order valence-corrected chi connectivity index (χ2v) is 3.68. The molecule has 0 N–H and O–H groups in total.